The fourth-order valence-electron chi connectivity index (χ4n) is 1.41. The molecule has 0 aromatic rings. The van der Waals surface area contributed by atoms with Crippen molar-refractivity contribution in [1.29, 1.82) is 0 Å². The molecule has 0 aliphatic carbocycles. The Bertz CT molecular complexity index is 92.9. The second kappa shape index (κ2) is 3.91. The summed E-state index contributed by atoms with van der Waals surface area (Å²) in [7, 11) is 0. The molecule has 3 nitrogen and oxygen atoms in total. The van der Waals surface area contributed by atoms with Crippen molar-refractivity contribution < 1.29 is 0 Å². The third-order valence-electron chi connectivity index (χ3n) is 2.08. The molecule has 2 unspecified atom stereocenters. The van der Waals surface area contributed by atoms with Crippen LogP contribution in [0.15, 0.2) is 0 Å². The van der Waals surface area contributed by atoms with Crippen molar-refractivity contribution in [2.75, 3.05) is 19.6 Å². The average Bonchev–Trinajstić information content (AvgIpc) is 1.94. The Morgan fingerprint density at radius 2 is 2.10 bits per heavy atom. The number of hydrogen-bond donors (Lipinski definition) is 3. The molecule has 0 aromatic carbocycles. The molecule has 1 heterocycles. The first-order valence-corrected chi connectivity index (χ1v) is 4.01. The normalized spacial score (nSPS) is 34.2. The molecule has 2 atom stereocenters. The highest BCUT2D eigenvalue weighted by atomic mass is 15.1. The minimum absolute atomic E-state index is 0.581. The van der Waals surface area contributed by atoms with E-state index in [0.717, 1.165) is 26.1 Å². The highest BCUT2D eigenvalue weighted by Crippen LogP contribution is 2.00. The van der Waals surface area contributed by atoms with Gasteiger partial charge in [-0.1, -0.05) is 0 Å². The Hall–Kier alpha value is -0.120. The molecule has 1 aliphatic heterocycles. The zero-order valence-corrected chi connectivity index (χ0v) is 6.56. The maximum absolute atomic E-state index is 5.45. The quantitative estimate of drug-likeness (QED) is 0.478. The van der Waals surface area contributed by atoms with Gasteiger partial charge < -0.3 is 16.4 Å². The molecule has 1 aliphatic rings. The van der Waals surface area contributed by atoms with Crippen LogP contribution in [-0.4, -0.2) is 31.7 Å². The summed E-state index contributed by atoms with van der Waals surface area (Å²) in [5, 5.41) is 6.83. The van der Waals surface area contributed by atoms with Gasteiger partial charge in [-0.05, 0) is 19.9 Å². The van der Waals surface area contributed by atoms with Gasteiger partial charge in [-0.3, -0.25) is 0 Å². The first kappa shape index (κ1) is 7.98. The van der Waals surface area contributed by atoms with Gasteiger partial charge in [-0.25, -0.2) is 0 Å². The zero-order chi connectivity index (χ0) is 7.40. The monoisotopic (exact) mass is 143 g/mol. The van der Waals surface area contributed by atoms with E-state index in [2.05, 4.69) is 17.6 Å². The van der Waals surface area contributed by atoms with Gasteiger partial charge in [0.2, 0.25) is 0 Å². The van der Waals surface area contributed by atoms with Crippen LogP contribution in [0.3, 0.4) is 0 Å². The van der Waals surface area contributed by atoms with Gasteiger partial charge in [-0.2, -0.15) is 0 Å². The first-order valence-electron chi connectivity index (χ1n) is 4.01. The number of piperazine rings is 1. The Labute approximate surface area is 62.4 Å². The number of nitrogens with one attached hydrogen (secondary N) is 2. The van der Waals surface area contributed by atoms with Crippen LogP contribution in [0.4, 0.5) is 0 Å². The molecule has 0 aromatic heterocycles. The van der Waals surface area contributed by atoms with Crippen LogP contribution in [0.25, 0.3) is 0 Å². The van der Waals surface area contributed by atoms with Crippen molar-refractivity contribution >= 4 is 0 Å². The van der Waals surface area contributed by atoms with E-state index in [-0.39, 0.29) is 0 Å². The van der Waals surface area contributed by atoms with Crippen LogP contribution in [0.2, 0.25) is 0 Å². The van der Waals surface area contributed by atoms with Gasteiger partial charge in [0, 0.05) is 25.2 Å². The maximum Gasteiger partial charge on any atom is 0.0231 e. The van der Waals surface area contributed by atoms with Gasteiger partial charge in [-0.15, -0.1) is 0 Å². The zero-order valence-electron chi connectivity index (χ0n) is 6.56. The first-order chi connectivity index (χ1) is 4.84. The lowest BCUT2D eigenvalue weighted by molar-refractivity contribution is 0.326. The fraction of sp³-hybridized carbons (Fsp3) is 1.00. The van der Waals surface area contributed by atoms with E-state index < -0.39 is 0 Å². The maximum atomic E-state index is 5.45. The van der Waals surface area contributed by atoms with Gasteiger partial charge in [0.15, 0.2) is 0 Å². The van der Waals surface area contributed by atoms with Crippen LogP contribution in [0.1, 0.15) is 13.3 Å². The van der Waals surface area contributed by atoms with Gasteiger partial charge in [0.25, 0.3) is 0 Å². The molecule has 1 rings (SSSR count). The molecule has 60 valence electrons. The molecule has 4 N–H and O–H groups in total. The lowest BCUT2D eigenvalue weighted by atomic mass is 10.0. The van der Waals surface area contributed by atoms with Crippen LogP contribution in [0.5, 0.6) is 0 Å². The van der Waals surface area contributed by atoms with Gasteiger partial charge in [0.05, 0.1) is 0 Å². The van der Waals surface area contributed by atoms with Crippen molar-refractivity contribution in [2.45, 2.75) is 25.4 Å². The van der Waals surface area contributed by atoms with Crippen LogP contribution >= 0.6 is 0 Å². The molecule has 0 spiro atoms. The highest BCUT2D eigenvalue weighted by Gasteiger charge is 2.18. The van der Waals surface area contributed by atoms with E-state index in [9.17, 15) is 0 Å². The molecule has 0 bridgehead atoms. The minimum Gasteiger partial charge on any atom is -0.330 e. The molecule has 0 radical (unpaired) electrons. The Balaban J connectivity index is 2.25. The lowest BCUT2D eigenvalue weighted by Crippen LogP contribution is -2.55. The van der Waals surface area contributed by atoms with E-state index in [1.807, 2.05) is 0 Å². The number of rotatable bonds is 2. The van der Waals surface area contributed by atoms with Crippen molar-refractivity contribution in [1.82, 2.24) is 10.6 Å². The molecule has 0 saturated carbocycles. The standard InChI is InChI=1S/C7H17N3/c1-6-7(2-3-8)10-5-4-9-6/h6-7,9-10H,2-5,8H2,1H3. The fourth-order valence-corrected chi connectivity index (χ4v) is 1.41. The SMILES string of the molecule is CC1NCCNC1CCN. The summed E-state index contributed by atoms with van der Waals surface area (Å²) in [5.74, 6) is 0. The summed E-state index contributed by atoms with van der Waals surface area (Å²) in [6.07, 6.45) is 1.08. The van der Waals surface area contributed by atoms with E-state index in [0.29, 0.717) is 12.1 Å². The summed E-state index contributed by atoms with van der Waals surface area (Å²) in [6, 6.07) is 1.16. The predicted molar refractivity (Wildman–Crippen MR) is 42.9 cm³/mol. The van der Waals surface area contributed by atoms with Gasteiger partial charge >= 0.3 is 0 Å². The molecule has 0 amide bonds. The molecule has 1 fully saturated rings. The van der Waals surface area contributed by atoms with E-state index in [1.54, 1.807) is 0 Å². The average molecular weight is 143 g/mol. The van der Waals surface area contributed by atoms with Crippen molar-refractivity contribution in [2.24, 2.45) is 5.73 Å². The second-order valence-corrected chi connectivity index (χ2v) is 2.88. The van der Waals surface area contributed by atoms with E-state index >= 15 is 0 Å². The summed E-state index contributed by atoms with van der Waals surface area (Å²) in [4.78, 5) is 0. The second-order valence-electron chi connectivity index (χ2n) is 2.88. The molecular weight excluding hydrogens is 126 g/mol. The molecule has 10 heavy (non-hydrogen) atoms. The lowest BCUT2D eigenvalue weighted by Gasteiger charge is -2.30. The van der Waals surface area contributed by atoms with Crippen molar-refractivity contribution in [3.05, 3.63) is 0 Å². The molecular formula is C7H17N3. The summed E-state index contributed by atoms with van der Waals surface area (Å²) in [5.41, 5.74) is 5.45. The Kier molecular flexibility index (Phi) is 3.12. The number of nitrogens with two attached hydrogens (primary N) is 1. The molecule has 3 heteroatoms. The summed E-state index contributed by atoms with van der Waals surface area (Å²) in [6.45, 7) is 5.15. The van der Waals surface area contributed by atoms with Crippen molar-refractivity contribution in [3.8, 4) is 0 Å². The highest BCUT2D eigenvalue weighted by molar-refractivity contribution is 4.83. The number of hydrogen-bond acceptors (Lipinski definition) is 3. The minimum atomic E-state index is 0.581. The van der Waals surface area contributed by atoms with E-state index in [1.165, 1.54) is 0 Å². The predicted octanol–water partition coefficient (Wildman–Crippen LogP) is -0.715. The van der Waals surface area contributed by atoms with E-state index in [4.69, 9.17) is 5.73 Å². The van der Waals surface area contributed by atoms with Crippen LogP contribution < -0.4 is 16.4 Å². The Morgan fingerprint density at radius 1 is 1.40 bits per heavy atom. The Morgan fingerprint density at radius 3 is 2.70 bits per heavy atom. The summed E-state index contributed by atoms with van der Waals surface area (Å²) < 4.78 is 0. The third kappa shape index (κ3) is 1.94. The van der Waals surface area contributed by atoms with Crippen LogP contribution in [0, 0.1) is 0 Å². The van der Waals surface area contributed by atoms with Gasteiger partial charge in [0.1, 0.15) is 0 Å². The topological polar surface area (TPSA) is 50.1 Å². The summed E-state index contributed by atoms with van der Waals surface area (Å²) >= 11 is 0. The smallest absolute Gasteiger partial charge is 0.0231 e. The third-order valence-corrected chi connectivity index (χ3v) is 2.08. The molecule has 1 saturated heterocycles. The largest absolute Gasteiger partial charge is 0.330 e. The van der Waals surface area contributed by atoms with Crippen LogP contribution in [-0.2, 0) is 0 Å². The van der Waals surface area contributed by atoms with Crippen molar-refractivity contribution in [3.63, 3.8) is 0 Å².